The van der Waals surface area contributed by atoms with E-state index in [9.17, 15) is 28.2 Å². The lowest BCUT2D eigenvalue weighted by atomic mass is 9.87. The summed E-state index contributed by atoms with van der Waals surface area (Å²) in [6.07, 6.45) is -0.394. The van der Waals surface area contributed by atoms with Gasteiger partial charge in [-0.2, -0.15) is 4.31 Å². The number of rotatable bonds is 18. The summed E-state index contributed by atoms with van der Waals surface area (Å²) < 4.78 is 57.3. The zero-order valence-electron chi connectivity index (χ0n) is 28.9. The van der Waals surface area contributed by atoms with Gasteiger partial charge in [0.05, 0.1) is 36.3 Å². The van der Waals surface area contributed by atoms with E-state index >= 15 is 0 Å². The lowest BCUT2D eigenvalue weighted by Gasteiger charge is -2.40. The summed E-state index contributed by atoms with van der Waals surface area (Å²) in [5.41, 5.74) is 0.235. The Bertz CT molecular complexity index is 1560. The van der Waals surface area contributed by atoms with Crippen LogP contribution in [0.4, 0.5) is 4.79 Å². The molecule has 2 aromatic carbocycles. The maximum atomic E-state index is 14.4. The van der Waals surface area contributed by atoms with Crippen molar-refractivity contribution in [3.05, 3.63) is 54.1 Å². The molecular formula is C35H49N3O11S. The molecule has 0 aliphatic carbocycles. The van der Waals surface area contributed by atoms with Gasteiger partial charge < -0.3 is 39.2 Å². The van der Waals surface area contributed by atoms with Crippen LogP contribution in [0.15, 0.2) is 53.4 Å². The van der Waals surface area contributed by atoms with Crippen molar-refractivity contribution in [2.75, 3.05) is 53.4 Å². The number of sulfonamides is 1. The van der Waals surface area contributed by atoms with Gasteiger partial charge in [0.2, 0.25) is 22.7 Å². The summed E-state index contributed by atoms with van der Waals surface area (Å²) in [7, 11) is -2.78. The second kappa shape index (κ2) is 16.7. The standard InChI is InChI=1S/C35H49N3O11S/c1-35(2,14-7-8-15-36-32(40)21-45-3)22-37(50(43,44)25-11-12-30-31(18-25)49-23-48-30)19-29(39)27(17-24-9-5-4-6-10-24)38(34(41)42)28-20-47-33-26(28)13-16-46-33/h4-6,9-12,18,26-29,33,39H,7-8,13-17,19-23H2,1-3H3,(H,36,40)(H,41,42)/t26-,27-,28-,29+,33+/m0/s1. The highest BCUT2D eigenvalue weighted by atomic mass is 32.2. The van der Waals surface area contributed by atoms with Gasteiger partial charge in [-0.3, -0.25) is 9.69 Å². The number of hydrogen-bond acceptors (Lipinski definition) is 10. The van der Waals surface area contributed by atoms with E-state index in [1.807, 2.05) is 44.2 Å². The number of hydrogen-bond donors (Lipinski definition) is 3. The first kappa shape index (κ1) is 37.8. The molecule has 3 aliphatic rings. The van der Waals surface area contributed by atoms with E-state index in [-0.39, 0.29) is 56.2 Å². The van der Waals surface area contributed by atoms with Crippen LogP contribution in [0.2, 0.25) is 0 Å². The Morgan fingerprint density at radius 1 is 1.08 bits per heavy atom. The zero-order chi connectivity index (χ0) is 35.9. The fourth-order valence-electron chi connectivity index (χ4n) is 6.99. The van der Waals surface area contributed by atoms with Crippen LogP contribution in [0.25, 0.3) is 0 Å². The van der Waals surface area contributed by atoms with Crippen LogP contribution < -0.4 is 14.8 Å². The summed E-state index contributed by atoms with van der Waals surface area (Å²) in [4.78, 5) is 26.0. The molecule has 15 heteroatoms. The number of methoxy groups -OCH3 is 1. The van der Waals surface area contributed by atoms with Crippen LogP contribution in [0.5, 0.6) is 11.5 Å². The molecule has 0 spiro atoms. The van der Waals surface area contributed by atoms with Crippen molar-refractivity contribution in [3.8, 4) is 11.5 Å². The third-order valence-electron chi connectivity index (χ3n) is 9.53. The van der Waals surface area contributed by atoms with Crippen molar-refractivity contribution in [1.82, 2.24) is 14.5 Å². The van der Waals surface area contributed by atoms with Gasteiger partial charge in [0.25, 0.3) is 0 Å². The van der Waals surface area contributed by atoms with E-state index in [1.165, 1.54) is 34.5 Å². The molecule has 3 aliphatic heterocycles. The number of unbranched alkanes of at least 4 members (excludes halogenated alkanes) is 1. The first-order chi connectivity index (χ1) is 23.9. The first-order valence-corrected chi connectivity index (χ1v) is 18.5. The van der Waals surface area contributed by atoms with Crippen LogP contribution in [0.3, 0.4) is 0 Å². The van der Waals surface area contributed by atoms with Gasteiger partial charge >= 0.3 is 6.09 Å². The van der Waals surface area contributed by atoms with Gasteiger partial charge in [-0.25, -0.2) is 13.2 Å². The summed E-state index contributed by atoms with van der Waals surface area (Å²) in [5, 5.41) is 25.5. The number of amides is 2. The molecule has 2 aromatic rings. The molecule has 5 atom stereocenters. The molecule has 5 rings (SSSR count). The van der Waals surface area contributed by atoms with Gasteiger partial charge in [0.1, 0.15) is 6.61 Å². The molecule has 3 heterocycles. The highest BCUT2D eigenvalue weighted by molar-refractivity contribution is 7.89. The number of aliphatic hydroxyl groups excluding tert-OH is 1. The molecule has 2 saturated heterocycles. The third-order valence-corrected chi connectivity index (χ3v) is 11.3. The lowest BCUT2D eigenvalue weighted by Crippen LogP contribution is -2.58. The Kier molecular flexibility index (Phi) is 12.6. The molecule has 0 unspecified atom stereocenters. The summed E-state index contributed by atoms with van der Waals surface area (Å²) in [6, 6.07) is 12.0. The second-order valence-corrected chi connectivity index (χ2v) is 15.8. The van der Waals surface area contributed by atoms with Gasteiger partial charge in [0, 0.05) is 38.7 Å². The maximum absolute atomic E-state index is 14.4. The summed E-state index contributed by atoms with van der Waals surface area (Å²) >= 11 is 0. The van der Waals surface area contributed by atoms with Crippen LogP contribution >= 0.6 is 0 Å². The highest BCUT2D eigenvalue weighted by Crippen LogP contribution is 2.38. The summed E-state index contributed by atoms with van der Waals surface area (Å²) in [6.45, 7) is 4.54. The van der Waals surface area contributed by atoms with E-state index in [1.54, 1.807) is 0 Å². The highest BCUT2D eigenvalue weighted by Gasteiger charge is 2.49. The Hall–Kier alpha value is -3.47. The Morgan fingerprint density at radius 2 is 1.84 bits per heavy atom. The Balaban J connectivity index is 1.42. The normalized spacial score (nSPS) is 21.2. The number of nitrogens with zero attached hydrogens (tertiary/aromatic N) is 2. The number of aliphatic hydroxyl groups is 1. The van der Waals surface area contributed by atoms with E-state index < -0.39 is 46.0 Å². The van der Waals surface area contributed by atoms with Crippen molar-refractivity contribution in [2.24, 2.45) is 11.3 Å². The topological polar surface area (TPSA) is 173 Å². The molecule has 0 aromatic heterocycles. The molecule has 50 heavy (non-hydrogen) atoms. The van der Waals surface area contributed by atoms with Crippen molar-refractivity contribution < 1.29 is 51.9 Å². The smallest absolute Gasteiger partial charge is 0.407 e. The van der Waals surface area contributed by atoms with Crippen LogP contribution in [-0.4, -0.2) is 118 Å². The Morgan fingerprint density at radius 3 is 2.58 bits per heavy atom. The number of benzene rings is 2. The van der Waals surface area contributed by atoms with Crippen molar-refractivity contribution >= 4 is 22.0 Å². The van der Waals surface area contributed by atoms with Crippen molar-refractivity contribution in [3.63, 3.8) is 0 Å². The van der Waals surface area contributed by atoms with Crippen LogP contribution in [-0.2, 0) is 35.4 Å². The predicted octanol–water partition coefficient (Wildman–Crippen LogP) is 3.08. The quantitative estimate of drug-likeness (QED) is 0.193. The predicted molar refractivity (Wildman–Crippen MR) is 181 cm³/mol. The maximum Gasteiger partial charge on any atom is 0.407 e. The number of carbonyl (C=O) groups is 2. The molecule has 276 valence electrons. The van der Waals surface area contributed by atoms with Gasteiger partial charge in [-0.1, -0.05) is 50.6 Å². The van der Waals surface area contributed by atoms with Gasteiger partial charge in [0.15, 0.2) is 17.8 Å². The van der Waals surface area contributed by atoms with Crippen molar-refractivity contribution in [2.45, 2.75) is 75.3 Å². The third kappa shape index (κ3) is 9.25. The Labute approximate surface area is 293 Å². The molecule has 0 saturated carbocycles. The number of carbonyl (C=O) groups excluding carboxylic acids is 1. The largest absolute Gasteiger partial charge is 0.465 e. The summed E-state index contributed by atoms with van der Waals surface area (Å²) in [5.74, 6) is 0.321. The average Bonchev–Trinajstić information content (AvgIpc) is 3.83. The molecular weight excluding hydrogens is 670 g/mol. The molecule has 3 N–H and O–H groups in total. The fourth-order valence-corrected chi connectivity index (χ4v) is 8.66. The van der Waals surface area contributed by atoms with E-state index in [2.05, 4.69) is 5.32 Å². The minimum atomic E-state index is -4.23. The molecule has 0 radical (unpaired) electrons. The molecule has 14 nitrogen and oxygen atoms in total. The van der Waals surface area contributed by atoms with E-state index in [0.717, 1.165) is 5.56 Å². The lowest BCUT2D eigenvalue weighted by molar-refractivity contribution is -0.124. The number of nitrogens with one attached hydrogen (secondary N) is 1. The first-order valence-electron chi connectivity index (χ1n) is 17.0. The minimum Gasteiger partial charge on any atom is -0.465 e. The zero-order valence-corrected chi connectivity index (χ0v) is 29.7. The minimum absolute atomic E-state index is 0.0200. The molecule has 2 fully saturated rings. The van der Waals surface area contributed by atoms with Crippen LogP contribution in [0.1, 0.15) is 45.1 Å². The average molecular weight is 720 g/mol. The molecule has 2 amide bonds. The van der Waals surface area contributed by atoms with Gasteiger partial charge in [-0.05, 0) is 48.8 Å². The van der Waals surface area contributed by atoms with E-state index in [0.29, 0.717) is 50.3 Å². The number of ether oxygens (including phenoxy) is 5. The van der Waals surface area contributed by atoms with Crippen molar-refractivity contribution in [1.29, 1.82) is 0 Å². The SMILES string of the molecule is COCC(=O)NCCCCC(C)(C)CN(C[C@@H](O)[C@H](Cc1ccccc1)N(C(=O)O)[C@H]1CO[C@H]2OCC[C@H]21)S(=O)(=O)c1ccc2c(c1)OCO2. The van der Waals surface area contributed by atoms with E-state index in [4.69, 9.17) is 23.7 Å². The second-order valence-electron chi connectivity index (χ2n) is 13.8. The monoisotopic (exact) mass is 719 g/mol. The number of carboxylic acid groups (broad SMARTS) is 1. The van der Waals surface area contributed by atoms with Crippen LogP contribution in [0, 0.1) is 11.3 Å². The van der Waals surface area contributed by atoms with Gasteiger partial charge in [-0.15, -0.1) is 0 Å². The number of fused-ring (bicyclic) bond motifs is 2. The molecule has 0 bridgehead atoms. The fraction of sp³-hybridized carbons (Fsp3) is 0.600.